The fourth-order valence-corrected chi connectivity index (χ4v) is 4.44. The molecule has 2 aliphatic rings. The predicted molar refractivity (Wildman–Crippen MR) is 94.3 cm³/mol. The topological polar surface area (TPSA) is 57.3 Å². The van der Waals surface area contributed by atoms with Gasteiger partial charge in [-0.2, -0.15) is 11.3 Å². The molecule has 2 aliphatic heterocycles. The number of hydrogen-bond donors (Lipinski definition) is 2. The molecule has 24 heavy (non-hydrogen) atoms. The van der Waals surface area contributed by atoms with Crippen LogP contribution in [0.2, 0.25) is 0 Å². The summed E-state index contributed by atoms with van der Waals surface area (Å²) in [7, 11) is 0. The van der Waals surface area contributed by atoms with E-state index in [1.807, 2.05) is 12.3 Å². The lowest BCUT2D eigenvalue weighted by Crippen LogP contribution is -2.48. The second-order valence-corrected chi connectivity index (χ2v) is 7.30. The average molecular weight is 342 g/mol. The van der Waals surface area contributed by atoms with E-state index in [9.17, 15) is 4.79 Å². The van der Waals surface area contributed by atoms with Gasteiger partial charge in [0, 0.05) is 25.0 Å². The standard InChI is InChI=1S/C18H22N4OS/c23-18(16-10-15(20-21-16)14-6-9-24-12-14)22-8-2-1-5-17(22)13-4-3-7-19-11-13/h3-4,6-7,9,11-12,15-17,20-21H,1-2,5,8,10H2/t15?,16?,17-/m1/s1. The summed E-state index contributed by atoms with van der Waals surface area (Å²) in [5.41, 5.74) is 8.89. The second-order valence-electron chi connectivity index (χ2n) is 6.52. The van der Waals surface area contributed by atoms with Crippen molar-refractivity contribution in [3.05, 3.63) is 52.5 Å². The number of hydrazine groups is 1. The van der Waals surface area contributed by atoms with Gasteiger partial charge in [0.2, 0.25) is 5.91 Å². The van der Waals surface area contributed by atoms with Crippen molar-refractivity contribution in [2.24, 2.45) is 0 Å². The summed E-state index contributed by atoms with van der Waals surface area (Å²) in [4.78, 5) is 19.4. The molecule has 2 aromatic heterocycles. The fourth-order valence-electron chi connectivity index (χ4n) is 3.73. The maximum Gasteiger partial charge on any atom is 0.241 e. The number of likely N-dealkylation sites (tertiary alicyclic amines) is 1. The first-order valence-electron chi connectivity index (χ1n) is 8.56. The van der Waals surface area contributed by atoms with Crippen molar-refractivity contribution >= 4 is 17.2 Å². The van der Waals surface area contributed by atoms with Gasteiger partial charge >= 0.3 is 0 Å². The van der Waals surface area contributed by atoms with Crippen LogP contribution >= 0.6 is 11.3 Å². The number of carbonyl (C=O) groups is 1. The van der Waals surface area contributed by atoms with Gasteiger partial charge in [0.05, 0.1) is 6.04 Å². The summed E-state index contributed by atoms with van der Waals surface area (Å²) in [5, 5.41) is 4.22. The van der Waals surface area contributed by atoms with Crippen LogP contribution in [0.3, 0.4) is 0 Å². The monoisotopic (exact) mass is 342 g/mol. The van der Waals surface area contributed by atoms with Crippen LogP contribution in [0.1, 0.15) is 48.9 Å². The number of rotatable bonds is 3. The molecule has 2 saturated heterocycles. The number of thiophene rings is 1. The number of aromatic nitrogens is 1. The van der Waals surface area contributed by atoms with Gasteiger partial charge in [-0.25, -0.2) is 10.9 Å². The molecule has 3 atom stereocenters. The Kier molecular flexibility index (Phi) is 4.60. The maximum absolute atomic E-state index is 13.1. The van der Waals surface area contributed by atoms with Gasteiger partial charge in [-0.15, -0.1) is 0 Å². The molecule has 0 aliphatic carbocycles. The molecule has 6 heteroatoms. The molecule has 2 unspecified atom stereocenters. The third kappa shape index (κ3) is 3.09. The van der Waals surface area contributed by atoms with Gasteiger partial charge in [-0.3, -0.25) is 9.78 Å². The van der Waals surface area contributed by atoms with Crippen LogP contribution in [0.25, 0.3) is 0 Å². The minimum atomic E-state index is -0.160. The maximum atomic E-state index is 13.1. The van der Waals surface area contributed by atoms with E-state index in [0.717, 1.165) is 37.8 Å². The number of carbonyl (C=O) groups excluding carboxylic acids is 1. The second kappa shape index (κ2) is 7.01. The third-order valence-corrected chi connectivity index (χ3v) is 5.70. The normalized spacial score (nSPS) is 27.3. The zero-order valence-electron chi connectivity index (χ0n) is 13.5. The van der Waals surface area contributed by atoms with Crippen molar-refractivity contribution in [2.75, 3.05) is 6.54 Å². The van der Waals surface area contributed by atoms with Crippen molar-refractivity contribution in [3.8, 4) is 0 Å². The van der Waals surface area contributed by atoms with Gasteiger partial charge in [0.1, 0.15) is 6.04 Å². The van der Waals surface area contributed by atoms with E-state index in [1.54, 1.807) is 17.5 Å². The fraction of sp³-hybridized carbons (Fsp3) is 0.444. The summed E-state index contributed by atoms with van der Waals surface area (Å²) in [6, 6.07) is 6.36. The number of piperidine rings is 1. The molecule has 4 rings (SSSR count). The Morgan fingerprint density at radius 2 is 2.21 bits per heavy atom. The lowest BCUT2D eigenvalue weighted by Gasteiger charge is -2.37. The van der Waals surface area contributed by atoms with E-state index in [2.05, 4.69) is 43.6 Å². The van der Waals surface area contributed by atoms with Crippen molar-refractivity contribution in [3.63, 3.8) is 0 Å². The zero-order chi connectivity index (χ0) is 16.4. The van der Waals surface area contributed by atoms with Crippen LogP contribution in [-0.2, 0) is 4.79 Å². The summed E-state index contributed by atoms with van der Waals surface area (Å²) in [6.07, 6.45) is 7.74. The Hall–Kier alpha value is -1.76. The number of pyridine rings is 1. The summed E-state index contributed by atoms with van der Waals surface area (Å²) in [5.74, 6) is 0.203. The molecule has 0 saturated carbocycles. The van der Waals surface area contributed by atoms with Crippen LogP contribution in [0, 0.1) is 0 Å². The molecule has 1 amide bonds. The molecule has 2 aromatic rings. The average Bonchev–Trinajstić information content (AvgIpc) is 3.33. The van der Waals surface area contributed by atoms with Crippen LogP contribution in [0.5, 0.6) is 0 Å². The highest BCUT2D eigenvalue weighted by molar-refractivity contribution is 7.07. The molecule has 0 radical (unpaired) electrons. The molecule has 2 N–H and O–H groups in total. The highest BCUT2D eigenvalue weighted by Gasteiger charge is 2.36. The van der Waals surface area contributed by atoms with E-state index in [4.69, 9.17) is 0 Å². The Balaban J connectivity index is 1.48. The highest BCUT2D eigenvalue weighted by Crippen LogP contribution is 2.32. The predicted octanol–water partition coefficient (Wildman–Crippen LogP) is 2.80. The number of hydrogen-bond acceptors (Lipinski definition) is 5. The highest BCUT2D eigenvalue weighted by atomic mass is 32.1. The third-order valence-electron chi connectivity index (χ3n) is 5.00. The Labute approximate surface area is 146 Å². The Morgan fingerprint density at radius 1 is 1.25 bits per heavy atom. The van der Waals surface area contributed by atoms with Crippen molar-refractivity contribution in [1.29, 1.82) is 0 Å². The van der Waals surface area contributed by atoms with E-state index in [0.29, 0.717) is 0 Å². The van der Waals surface area contributed by atoms with Crippen molar-refractivity contribution < 1.29 is 4.79 Å². The van der Waals surface area contributed by atoms with Crippen LogP contribution in [0.15, 0.2) is 41.4 Å². The Morgan fingerprint density at radius 3 is 3.00 bits per heavy atom. The van der Waals surface area contributed by atoms with Crippen molar-refractivity contribution in [1.82, 2.24) is 20.7 Å². The van der Waals surface area contributed by atoms with E-state index in [1.165, 1.54) is 5.56 Å². The van der Waals surface area contributed by atoms with Crippen molar-refractivity contribution in [2.45, 2.75) is 43.8 Å². The van der Waals surface area contributed by atoms with Crippen LogP contribution in [-0.4, -0.2) is 28.4 Å². The molecular formula is C18H22N4OS. The molecule has 0 spiro atoms. The lowest BCUT2D eigenvalue weighted by molar-refractivity contribution is -0.137. The quantitative estimate of drug-likeness (QED) is 0.901. The smallest absolute Gasteiger partial charge is 0.241 e. The largest absolute Gasteiger partial charge is 0.334 e. The number of amides is 1. The summed E-state index contributed by atoms with van der Waals surface area (Å²) >= 11 is 1.69. The molecule has 0 aromatic carbocycles. The van der Waals surface area contributed by atoms with Crippen LogP contribution < -0.4 is 10.9 Å². The Bertz CT molecular complexity index is 676. The minimum Gasteiger partial charge on any atom is -0.334 e. The van der Waals surface area contributed by atoms with Gasteiger partial charge in [-0.05, 0) is 59.7 Å². The van der Waals surface area contributed by atoms with Gasteiger partial charge in [-0.1, -0.05) is 6.07 Å². The molecule has 0 bridgehead atoms. The number of nitrogens with one attached hydrogen (secondary N) is 2. The molecule has 4 heterocycles. The van der Waals surface area contributed by atoms with Gasteiger partial charge in [0.15, 0.2) is 0 Å². The van der Waals surface area contributed by atoms with Gasteiger partial charge in [0.25, 0.3) is 0 Å². The molecule has 126 valence electrons. The zero-order valence-corrected chi connectivity index (χ0v) is 14.3. The molecule has 5 nitrogen and oxygen atoms in total. The minimum absolute atomic E-state index is 0.155. The molecule has 2 fully saturated rings. The summed E-state index contributed by atoms with van der Waals surface area (Å²) in [6.45, 7) is 0.833. The van der Waals surface area contributed by atoms with E-state index >= 15 is 0 Å². The summed E-state index contributed by atoms with van der Waals surface area (Å²) < 4.78 is 0. The van der Waals surface area contributed by atoms with Crippen LogP contribution in [0.4, 0.5) is 0 Å². The first-order chi connectivity index (χ1) is 11.8. The van der Waals surface area contributed by atoms with Gasteiger partial charge < -0.3 is 4.90 Å². The van der Waals surface area contributed by atoms with E-state index in [-0.39, 0.29) is 24.0 Å². The molecular weight excluding hydrogens is 320 g/mol. The lowest BCUT2D eigenvalue weighted by atomic mass is 9.94. The first kappa shape index (κ1) is 15.7. The SMILES string of the molecule is O=C(C1CC(c2ccsc2)NN1)N1CCCC[C@@H]1c1cccnc1. The van der Waals surface area contributed by atoms with E-state index < -0.39 is 0 Å². The first-order valence-corrected chi connectivity index (χ1v) is 9.51. The number of nitrogens with zero attached hydrogens (tertiary/aromatic N) is 2.